The van der Waals surface area contributed by atoms with Gasteiger partial charge in [-0.2, -0.15) is 0 Å². The molecule has 13 heavy (non-hydrogen) atoms. The van der Waals surface area contributed by atoms with Crippen molar-refractivity contribution in [2.75, 3.05) is 20.2 Å². The van der Waals surface area contributed by atoms with Crippen LogP contribution in [0.15, 0.2) is 22.9 Å². The lowest BCUT2D eigenvalue weighted by Crippen LogP contribution is -2.21. The van der Waals surface area contributed by atoms with E-state index in [1.54, 1.807) is 6.20 Å². The molecule has 0 unspecified atom stereocenters. The molecule has 0 spiro atoms. The topological polar surface area (TPSA) is 36.4 Å². The zero-order valence-electron chi connectivity index (χ0n) is 7.57. The third-order valence-electron chi connectivity index (χ3n) is 1.73. The molecule has 72 valence electrons. The molecule has 0 radical (unpaired) electrons. The maximum atomic E-state index is 8.71. The number of pyridine rings is 1. The van der Waals surface area contributed by atoms with Gasteiger partial charge >= 0.3 is 0 Å². The molecule has 0 aliphatic carbocycles. The Kier molecular flexibility index (Phi) is 4.35. The monoisotopic (exact) mass is 244 g/mol. The predicted molar refractivity (Wildman–Crippen MR) is 55.4 cm³/mol. The maximum absolute atomic E-state index is 8.71. The van der Waals surface area contributed by atoms with E-state index in [0.29, 0.717) is 6.54 Å². The number of halogens is 1. The average Bonchev–Trinajstić information content (AvgIpc) is 2.04. The number of likely N-dealkylation sites (N-methyl/N-ethyl adjacent to an activating group) is 1. The van der Waals surface area contributed by atoms with Gasteiger partial charge in [0.15, 0.2) is 0 Å². The quantitative estimate of drug-likeness (QED) is 0.811. The molecule has 0 bridgehead atoms. The van der Waals surface area contributed by atoms with Crippen LogP contribution in [0.25, 0.3) is 0 Å². The first-order chi connectivity index (χ1) is 6.22. The second-order valence-electron chi connectivity index (χ2n) is 2.95. The van der Waals surface area contributed by atoms with Crippen LogP contribution in [-0.4, -0.2) is 35.2 Å². The van der Waals surface area contributed by atoms with Crippen molar-refractivity contribution in [1.82, 2.24) is 9.88 Å². The second kappa shape index (κ2) is 5.32. The van der Waals surface area contributed by atoms with Crippen LogP contribution in [-0.2, 0) is 6.54 Å². The average molecular weight is 245 g/mol. The maximum Gasteiger partial charge on any atom is 0.106 e. The van der Waals surface area contributed by atoms with Crippen molar-refractivity contribution in [3.8, 4) is 0 Å². The molecule has 1 aromatic heterocycles. The molecule has 0 fully saturated rings. The largest absolute Gasteiger partial charge is 0.395 e. The standard InChI is InChI=1S/C9H13BrN2O/c1-12(4-5-13)7-8-2-3-11-9(10)6-8/h2-3,6,13H,4-5,7H2,1H3. The van der Waals surface area contributed by atoms with E-state index < -0.39 is 0 Å². The van der Waals surface area contributed by atoms with Gasteiger partial charge in [-0.15, -0.1) is 0 Å². The molecule has 0 atom stereocenters. The van der Waals surface area contributed by atoms with E-state index >= 15 is 0 Å². The van der Waals surface area contributed by atoms with Crippen LogP contribution in [0.1, 0.15) is 5.56 Å². The molecule has 0 aliphatic rings. The Hall–Kier alpha value is -0.450. The number of rotatable bonds is 4. The lowest BCUT2D eigenvalue weighted by atomic mass is 10.2. The lowest BCUT2D eigenvalue weighted by molar-refractivity contribution is 0.217. The van der Waals surface area contributed by atoms with E-state index in [0.717, 1.165) is 11.1 Å². The van der Waals surface area contributed by atoms with Crippen LogP contribution in [0.5, 0.6) is 0 Å². The first kappa shape index (κ1) is 10.6. The second-order valence-corrected chi connectivity index (χ2v) is 3.76. The Morgan fingerprint density at radius 2 is 2.38 bits per heavy atom. The highest BCUT2D eigenvalue weighted by atomic mass is 79.9. The summed E-state index contributed by atoms with van der Waals surface area (Å²) in [6.45, 7) is 1.73. The van der Waals surface area contributed by atoms with Gasteiger partial charge in [0, 0.05) is 19.3 Å². The first-order valence-corrected chi connectivity index (χ1v) is 4.91. The van der Waals surface area contributed by atoms with E-state index in [2.05, 4.69) is 25.8 Å². The van der Waals surface area contributed by atoms with Crippen LogP contribution in [0.4, 0.5) is 0 Å². The Morgan fingerprint density at radius 3 is 3.00 bits per heavy atom. The molecule has 1 heterocycles. The first-order valence-electron chi connectivity index (χ1n) is 4.12. The van der Waals surface area contributed by atoms with Crippen LogP contribution in [0.2, 0.25) is 0 Å². The van der Waals surface area contributed by atoms with Gasteiger partial charge in [0.2, 0.25) is 0 Å². The van der Waals surface area contributed by atoms with Gasteiger partial charge in [-0.25, -0.2) is 4.98 Å². The van der Waals surface area contributed by atoms with E-state index in [1.807, 2.05) is 19.2 Å². The third kappa shape index (κ3) is 3.85. The zero-order chi connectivity index (χ0) is 9.68. The fourth-order valence-electron chi connectivity index (χ4n) is 1.10. The zero-order valence-corrected chi connectivity index (χ0v) is 9.16. The van der Waals surface area contributed by atoms with Crippen LogP contribution < -0.4 is 0 Å². The fraction of sp³-hybridized carbons (Fsp3) is 0.444. The molecular weight excluding hydrogens is 232 g/mol. The Bertz CT molecular complexity index is 268. The van der Waals surface area contributed by atoms with E-state index in [9.17, 15) is 0 Å². The number of hydrogen-bond donors (Lipinski definition) is 1. The highest BCUT2D eigenvalue weighted by Gasteiger charge is 1.99. The molecule has 1 N–H and O–H groups in total. The molecule has 1 rings (SSSR count). The number of aliphatic hydroxyl groups is 1. The van der Waals surface area contributed by atoms with Gasteiger partial charge in [0.05, 0.1) is 6.61 Å². The molecule has 0 aliphatic heterocycles. The van der Waals surface area contributed by atoms with Gasteiger partial charge in [-0.05, 0) is 40.7 Å². The molecule has 0 aromatic carbocycles. The fourth-order valence-corrected chi connectivity index (χ4v) is 1.51. The van der Waals surface area contributed by atoms with Gasteiger partial charge in [0.1, 0.15) is 4.60 Å². The van der Waals surface area contributed by atoms with Crippen LogP contribution in [0.3, 0.4) is 0 Å². The van der Waals surface area contributed by atoms with Gasteiger partial charge < -0.3 is 5.11 Å². The molecule has 0 amide bonds. The van der Waals surface area contributed by atoms with Gasteiger partial charge in [-0.3, -0.25) is 4.90 Å². The minimum Gasteiger partial charge on any atom is -0.395 e. The van der Waals surface area contributed by atoms with Crippen molar-refractivity contribution >= 4 is 15.9 Å². The van der Waals surface area contributed by atoms with Crippen molar-refractivity contribution in [2.24, 2.45) is 0 Å². The normalized spacial score (nSPS) is 10.8. The van der Waals surface area contributed by atoms with Crippen molar-refractivity contribution < 1.29 is 5.11 Å². The van der Waals surface area contributed by atoms with E-state index in [1.165, 1.54) is 5.56 Å². The lowest BCUT2D eigenvalue weighted by Gasteiger charge is -2.14. The van der Waals surface area contributed by atoms with E-state index in [4.69, 9.17) is 5.11 Å². The Labute approximate surface area is 86.5 Å². The molecule has 3 nitrogen and oxygen atoms in total. The summed E-state index contributed by atoms with van der Waals surface area (Å²) in [5, 5.41) is 8.71. The smallest absolute Gasteiger partial charge is 0.106 e. The molecule has 1 aromatic rings. The minimum atomic E-state index is 0.197. The van der Waals surface area contributed by atoms with Crippen molar-refractivity contribution in [2.45, 2.75) is 6.54 Å². The summed E-state index contributed by atoms with van der Waals surface area (Å²) in [7, 11) is 1.98. The van der Waals surface area contributed by atoms with Gasteiger partial charge in [0.25, 0.3) is 0 Å². The third-order valence-corrected chi connectivity index (χ3v) is 2.16. The van der Waals surface area contributed by atoms with Crippen molar-refractivity contribution in [1.29, 1.82) is 0 Å². The number of aliphatic hydroxyl groups excluding tert-OH is 1. The van der Waals surface area contributed by atoms with Crippen LogP contribution in [0, 0.1) is 0 Å². The number of hydrogen-bond acceptors (Lipinski definition) is 3. The summed E-state index contributed by atoms with van der Waals surface area (Å²) >= 11 is 3.31. The molecule has 0 saturated carbocycles. The minimum absolute atomic E-state index is 0.197. The molecule has 4 heteroatoms. The Morgan fingerprint density at radius 1 is 1.62 bits per heavy atom. The van der Waals surface area contributed by atoms with Gasteiger partial charge in [-0.1, -0.05) is 0 Å². The van der Waals surface area contributed by atoms with E-state index in [-0.39, 0.29) is 6.61 Å². The summed E-state index contributed by atoms with van der Waals surface area (Å²) in [6, 6.07) is 3.95. The SMILES string of the molecule is CN(CCO)Cc1ccnc(Br)c1. The Balaban J connectivity index is 2.53. The highest BCUT2D eigenvalue weighted by molar-refractivity contribution is 9.10. The number of aromatic nitrogens is 1. The van der Waals surface area contributed by atoms with Crippen molar-refractivity contribution in [3.05, 3.63) is 28.5 Å². The summed E-state index contributed by atoms with van der Waals surface area (Å²) in [6.07, 6.45) is 1.77. The van der Waals surface area contributed by atoms with Crippen LogP contribution >= 0.6 is 15.9 Å². The van der Waals surface area contributed by atoms with Crippen molar-refractivity contribution in [3.63, 3.8) is 0 Å². The molecule has 0 saturated heterocycles. The summed E-state index contributed by atoms with van der Waals surface area (Å²) in [5.41, 5.74) is 1.19. The number of nitrogens with zero attached hydrogens (tertiary/aromatic N) is 2. The predicted octanol–water partition coefficient (Wildman–Crippen LogP) is 1.27. The highest BCUT2D eigenvalue weighted by Crippen LogP contribution is 2.09. The summed E-state index contributed by atoms with van der Waals surface area (Å²) < 4.78 is 0.849. The summed E-state index contributed by atoms with van der Waals surface area (Å²) in [4.78, 5) is 6.10. The molecular formula is C9H13BrN2O. The summed E-state index contributed by atoms with van der Waals surface area (Å²) in [5.74, 6) is 0.